The van der Waals surface area contributed by atoms with Gasteiger partial charge in [-0.25, -0.2) is 0 Å². The van der Waals surface area contributed by atoms with Gasteiger partial charge in [0.05, 0.1) is 5.41 Å². The summed E-state index contributed by atoms with van der Waals surface area (Å²) in [6, 6.07) is 8.89. The second-order valence-corrected chi connectivity index (χ2v) is 5.82. The van der Waals surface area contributed by atoms with Crippen LogP contribution in [0.4, 0.5) is 0 Å². The quantitative estimate of drug-likeness (QED) is 0.887. The van der Waals surface area contributed by atoms with Crippen molar-refractivity contribution in [2.75, 3.05) is 6.54 Å². The molecule has 1 aliphatic rings. The molecule has 4 nitrogen and oxygen atoms in total. The molecule has 0 atom stereocenters. The summed E-state index contributed by atoms with van der Waals surface area (Å²) in [5.41, 5.74) is -0.228. The van der Waals surface area contributed by atoms with Crippen molar-refractivity contribution in [1.29, 1.82) is 0 Å². The summed E-state index contributed by atoms with van der Waals surface area (Å²) in [6.45, 7) is 2.36. The molecule has 0 heterocycles. The van der Waals surface area contributed by atoms with Crippen molar-refractivity contribution >= 4 is 11.9 Å². The molecule has 1 aromatic rings. The maximum absolute atomic E-state index is 12.0. The van der Waals surface area contributed by atoms with Crippen molar-refractivity contribution in [2.24, 2.45) is 11.3 Å². The van der Waals surface area contributed by atoms with E-state index >= 15 is 0 Å². The Bertz CT molecular complexity index is 476. The van der Waals surface area contributed by atoms with Crippen molar-refractivity contribution in [3.8, 4) is 0 Å². The summed E-state index contributed by atoms with van der Waals surface area (Å²) in [6.07, 6.45) is 3.10. The van der Waals surface area contributed by atoms with Gasteiger partial charge in [0.15, 0.2) is 0 Å². The zero-order valence-electron chi connectivity index (χ0n) is 11.8. The van der Waals surface area contributed by atoms with Crippen LogP contribution in [-0.4, -0.2) is 23.5 Å². The van der Waals surface area contributed by atoms with Gasteiger partial charge in [0.1, 0.15) is 0 Å². The number of hydrogen-bond donors (Lipinski definition) is 2. The summed E-state index contributed by atoms with van der Waals surface area (Å²) in [7, 11) is 0. The highest BCUT2D eigenvalue weighted by Gasteiger charge is 2.41. The van der Waals surface area contributed by atoms with E-state index < -0.39 is 11.4 Å². The van der Waals surface area contributed by atoms with Crippen LogP contribution >= 0.6 is 0 Å². The van der Waals surface area contributed by atoms with Gasteiger partial charge in [0.2, 0.25) is 0 Å². The van der Waals surface area contributed by atoms with Crippen LogP contribution in [0.25, 0.3) is 0 Å². The highest BCUT2D eigenvalue weighted by molar-refractivity contribution is 5.94. The molecule has 0 aliphatic heterocycles. The Kier molecular flexibility index (Phi) is 4.42. The van der Waals surface area contributed by atoms with E-state index in [-0.39, 0.29) is 12.5 Å². The third kappa shape index (κ3) is 3.18. The Hall–Kier alpha value is -1.84. The maximum atomic E-state index is 12.0. The van der Waals surface area contributed by atoms with Crippen LogP contribution in [0, 0.1) is 11.3 Å². The van der Waals surface area contributed by atoms with Crippen molar-refractivity contribution in [3.05, 3.63) is 35.9 Å². The zero-order valence-corrected chi connectivity index (χ0v) is 11.8. The fourth-order valence-electron chi connectivity index (χ4n) is 2.72. The average molecular weight is 275 g/mol. The van der Waals surface area contributed by atoms with E-state index in [1.807, 2.05) is 6.07 Å². The second kappa shape index (κ2) is 6.07. The van der Waals surface area contributed by atoms with E-state index in [4.69, 9.17) is 0 Å². The number of rotatable bonds is 4. The average Bonchev–Trinajstić information content (AvgIpc) is 2.47. The van der Waals surface area contributed by atoms with Crippen LogP contribution in [0.2, 0.25) is 0 Å². The topological polar surface area (TPSA) is 66.4 Å². The van der Waals surface area contributed by atoms with E-state index in [0.717, 1.165) is 12.8 Å². The first-order valence-corrected chi connectivity index (χ1v) is 7.10. The monoisotopic (exact) mass is 275 g/mol. The molecule has 108 valence electrons. The number of hydrogen-bond acceptors (Lipinski definition) is 2. The standard InChI is InChI=1S/C16H21NO3/c1-12-7-9-16(10-8-12,15(19)20)11-17-14(18)13-5-3-2-4-6-13/h2-6,12H,7-11H2,1H3,(H,17,18)(H,19,20). The Morgan fingerprint density at radius 1 is 1.25 bits per heavy atom. The maximum Gasteiger partial charge on any atom is 0.311 e. The van der Waals surface area contributed by atoms with Gasteiger partial charge in [0.25, 0.3) is 5.91 Å². The molecule has 4 heteroatoms. The largest absolute Gasteiger partial charge is 0.481 e. The summed E-state index contributed by atoms with van der Waals surface area (Å²) < 4.78 is 0. The summed E-state index contributed by atoms with van der Waals surface area (Å²) in [5.74, 6) is -0.421. The first-order valence-electron chi connectivity index (χ1n) is 7.10. The fraction of sp³-hybridized carbons (Fsp3) is 0.500. The lowest BCUT2D eigenvalue weighted by Crippen LogP contribution is -2.45. The van der Waals surface area contributed by atoms with Crippen LogP contribution in [0.5, 0.6) is 0 Å². The number of carbonyl (C=O) groups is 2. The van der Waals surface area contributed by atoms with Crippen molar-refractivity contribution in [1.82, 2.24) is 5.32 Å². The Morgan fingerprint density at radius 3 is 2.40 bits per heavy atom. The van der Waals surface area contributed by atoms with Crippen LogP contribution in [0.3, 0.4) is 0 Å². The molecule has 2 rings (SSSR count). The Balaban J connectivity index is 2.00. The number of amides is 1. The van der Waals surface area contributed by atoms with Gasteiger partial charge in [-0.15, -0.1) is 0 Å². The molecule has 0 unspecified atom stereocenters. The molecule has 1 saturated carbocycles. The van der Waals surface area contributed by atoms with E-state index in [0.29, 0.717) is 24.3 Å². The third-order valence-corrected chi connectivity index (χ3v) is 4.31. The van der Waals surface area contributed by atoms with Crippen LogP contribution in [-0.2, 0) is 4.79 Å². The molecule has 0 saturated heterocycles. The fourth-order valence-corrected chi connectivity index (χ4v) is 2.72. The minimum absolute atomic E-state index is 0.204. The molecule has 20 heavy (non-hydrogen) atoms. The number of nitrogens with one attached hydrogen (secondary N) is 1. The van der Waals surface area contributed by atoms with Crippen LogP contribution < -0.4 is 5.32 Å². The first-order chi connectivity index (χ1) is 9.53. The second-order valence-electron chi connectivity index (χ2n) is 5.82. The molecule has 0 aromatic heterocycles. The number of aliphatic carboxylic acids is 1. The lowest BCUT2D eigenvalue weighted by Gasteiger charge is -2.35. The molecule has 0 spiro atoms. The van der Waals surface area contributed by atoms with Crippen LogP contribution in [0.15, 0.2) is 30.3 Å². The minimum Gasteiger partial charge on any atom is -0.481 e. The van der Waals surface area contributed by atoms with E-state index in [1.165, 1.54) is 0 Å². The number of carboxylic acids is 1. The van der Waals surface area contributed by atoms with Crippen LogP contribution in [0.1, 0.15) is 43.0 Å². The smallest absolute Gasteiger partial charge is 0.311 e. The normalized spacial score (nSPS) is 25.9. The highest BCUT2D eigenvalue weighted by atomic mass is 16.4. The molecular formula is C16H21NO3. The lowest BCUT2D eigenvalue weighted by atomic mass is 9.71. The van der Waals surface area contributed by atoms with Crippen molar-refractivity contribution in [2.45, 2.75) is 32.6 Å². The molecule has 1 amide bonds. The summed E-state index contributed by atoms with van der Waals surface area (Å²) in [4.78, 5) is 23.6. The minimum atomic E-state index is -0.795. The van der Waals surface area contributed by atoms with Gasteiger partial charge in [-0.05, 0) is 43.7 Å². The van der Waals surface area contributed by atoms with E-state index in [2.05, 4.69) is 12.2 Å². The zero-order chi connectivity index (χ0) is 14.6. The van der Waals surface area contributed by atoms with E-state index in [9.17, 15) is 14.7 Å². The SMILES string of the molecule is CC1CCC(CNC(=O)c2ccccc2)(C(=O)O)CC1. The van der Waals surface area contributed by atoms with Gasteiger partial charge >= 0.3 is 5.97 Å². The highest BCUT2D eigenvalue weighted by Crippen LogP contribution is 2.38. The van der Waals surface area contributed by atoms with Crippen molar-refractivity contribution < 1.29 is 14.7 Å². The number of carboxylic acid groups (broad SMARTS) is 1. The summed E-state index contributed by atoms with van der Waals surface area (Å²) >= 11 is 0. The predicted molar refractivity (Wildman–Crippen MR) is 76.5 cm³/mol. The van der Waals surface area contributed by atoms with Gasteiger partial charge in [-0.1, -0.05) is 25.1 Å². The van der Waals surface area contributed by atoms with Gasteiger partial charge in [-0.3, -0.25) is 9.59 Å². The molecule has 0 radical (unpaired) electrons. The first kappa shape index (κ1) is 14.6. The summed E-state index contributed by atoms with van der Waals surface area (Å²) in [5, 5.41) is 12.3. The lowest BCUT2D eigenvalue weighted by molar-refractivity contribution is -0.151. The van der Waals surface area contributed by atoms with E-state index in [1.54, 1.807) is 24.3 Å². The number of benzene rings is 1. The Morgan fingerprint density at radius 2 is 1.85 bits per heavy atom. The Labute approximate surface area is 119 Å². The van der Waals surface area contributed by atoms with Gasteiger partial charge in [0, 0.05) is 12.1 Å². The van der Waals surface area contributed by atoms with Gasteiger partial charge < -0.3 is 10.4 Å². The molecular weight excluding hydrogens is 254 g/mol. The van der Waals surface area contributed by atoms with Gasteiger partial charge in [-0.2, -0.15) is 0 Å². The number of carbonyl (C=O) groups excluding carboxylic acids is 1. The van der Waals surface area contributed by atoms with Crippen molar-refractivity contribution in [3.63, 3.8) is 0 Å². The predicted octanol–water partition coefficient (Wildman–Crippen LogP) is 2.70. The molecule has 1 aromatic carbocycles. The molecule has 1 aliphatic carbocycles. The third-order valence-electron chi connectivity index (χ3n) is 4.31. The molecule has 2 N–H and O–H groups in total. The molecule has 1 fully saturated rings. The molecule has 0 bridgehead atoms.